The van der Waals surface area contributed by atoms with Crippen LogP contribution in [0.15, 0.2) is 70.2 Å². The van der Waals surface area contributed by atoms with Gasteiger partial charge in [0.25, 0.3) is 0 Å². The third-order valence-electron chi connectivity index (χ3n) is 4.98. The van der Waals surface area contributed by atoms with E-state index in [-0.39, 0.29) is 5.75 Å². The van der Waals surface area contributed by atoms with E-state index >= 15 is 0 Å². The molecule has 2 N–H and O–H groups in total. The van der Waals surface area contributed by atoms with E-state index in [1.54, 1.807) is 24.3 Å². The first-order valence-corrected chi connectivity index (χ1v) is 11.6. The number of fused-ring (bicyclic) bond motifs is 1. The number of thioether (sulfide) groups is 1. The van der Waals surface area contributed by atoms with Crippen LogP contribution in [0.3, 0.4) is 0 Å². The van der Waals surface area contributed by atoms with Crippen molar-refractivity contribution < 1.29 is 14.6 Å². The van der Waals surface area contributed by atoms with Crippen molar-refractivity contribution in [3.05, 3.63) is 71.4 Å². The van der Waals surface area contributed by atoms with Gasteiger partial charge in [-0.05, 0) is 28.1 Å². The molecule has 1 aliphatic rings. The summed E-state index contributed by atoms with van der Waals surface area (Å²) in [5, 5.41) is 34.1. The number of aromatic hydroxyl groups is 1. The molecule has 33 heavy (non-hydrogen) atoms. The van der Waals surface area contributed by atoms with Crippen molar-refractivity contribution in [1.29, 1.82) is 0 Å². The summed E-state index contributed by atoms with van der Waals surface area (Å²) < 4.78 is 7.38. The van der Waals surface area contributed by atoms with Crippen LogP contribution in [0.25, 0.3) is 10.6 Å². The quantitative estimate of drug-likeness (QED) is 0.314. The zero-order valence-corrected chi connectivity index (χ0v) is 18.9. The van der Waals surface area contributed by atoms with E-state index in [0.29, 0.717) is 23.0 Å². The van der Waals surface area contributed by atoms with E-state index < -0.39 is 12.0 Å². The lowest BCUT2D eigenvalue weighted by Gasteiger charge is -2.28. The number of nitrogens with one attached hydrogen (secondary N) is 1. The van der Waals surface area contributed by atoms with E-state index in [1.165, 1.54) is 34.9 Å². The lowest BCUT2D eigenvalue weighted by atomic mass is 9.96. The molecule has 0 radical (unpaired) electrons. The summed E-state index contributed by atoms with van der Waals surface area (Å²) >= 11 is 2.93. The zero-order valence-electron chi connectivity index (χ0n) is 17.2. The van der Waals surface area contributed by atoms with Gasteiger partial charge in [0.1, 0.15) is 16.8 Å². The summed E-state index contributed by atoms with van der Waals surface area (Å²) in [4.78, 5) is 12.9. The zero-order chi connectivity index (χ0) is 22.8. The fourth-order valence-electron chi connectivity index (χ4n) is 3.46. The van der Waals surface area contributed by atoms with Crippen LogP contribution in [0.4, 0.5) is 5.95 Å². The van der Waals surface area contributed by atoms with Crippen molar-refractivity contribution >= 4 is 35.0 Å². The van der Waals surface area contributed by atoms with Gasteiger partial charge in [-0.1, -0.05) is 70.7 Å². The van der Waals surface area contributed by atoms with Gasteiger partial charge in [0.05, 0.1) is 12.7 Å². The predicted molar refractivity (Wildman–Crippen MR) is 123 cm³/mol. The van der Waals surface area contributed by atoms with Crippen molar-refractivity contribution in [2.45, 2.75) is 10.4 Å². The molecule has 0 spiro atoms. The first-order valence-electron chi connectivity index (χ1n) is 9.81. The van der Waals surface area contributed by atoms with Gasteiger partial charge in [-0.25, -0.2) is 4.79 Å². The number of aromatic nitrogens is 6. The van der Waals surface area contributed by atoms with Gasteiger partial charge in [0.2, 0.25) is 5.95 Å². The van der Waals surface area contributed by atoms with Gasteiger partial charge in [-0.15, -0.1) is 10.2 Å². The van der Waals surface area contributed by atoms with Gasteiger partial charge in [-0.3, -0.25) is 0 Å². The summed E-state index contributed by atoms with van der Waals surface area (Å²) in [6, 6.07) is 15.8. The average molecular weight is 480 g/mol. The first kappa shape index (κ1) is 21.1. The van der Waals surface area contributed by atoms with E-state index in [0.717, 1.165) is 20.5 Å². The van der Waals surface area contributed by atoms with E-state index in [9.17, 15) is 9.90 Å². The molecule has 0 aliphatic carbocycles. The van der Waals surface area contributed by atoms with Gasteiger partial charge in [-0.2, -0.15) is 4.68 Å². The molecule has 0 saturated heterocycles. The highest BCUT2D eigenvalue weighted by molar-refractivity contribution is 8.01. The smallest absolute Gasteiger partial charge is 0.338 e. The van der Waals surface area contributed by atoms with Crippen LogP contribution in [-0.4, -0.2) is 54.3 Å². The topological polar surface area (TPSA) is 128 Å². The molecule has 0 amide bonds. The molecule has 1 atom stereocenters. The second kappa shape index (κ2) is 9.00. The number of carbonyl (C=O) groups excluding carboxylic acids is 1. The van der Waals surface area contributed by atoms with Crippen LogP contribution in [0.2, 0.25) is 0 Å². The Bertz CT molecular complexity index is 1320. The molecule has 5 rings (SSSR count). The molecular weight excluding hydrogens is 462 g/mol. The van der Waals surface area contributed by atoms with Crippen molar-refractivity contribution in [3.8, 4) is 16.3 Å². The summed E-state index contributed by atoms with van der Waals surface area (Å²) in [6.45, 7) is 0. The molecule has 0 saturated carbocycles. The lowest BCUT2D eigenvalue weighted by molar-refractivity contribution is -0.136. The normalized spacial score (nSPS) is 15.1. The minimum absolute atomic E-state index is 0.120. The number of phenols is 1. The van der Waals surface area contributed by atoms with Gasteiger partial charge in [0, 0.05) is 17.0 Å². The van der Waals surface area contributed by atoms with Crippen LogP contribution in [0, 0.1) is 0 Å². The average Bonchev–Trinajstić information content (AvgIpc) is 3.52. The number of methoxy groups -OCH3 is 1. The third kappa shape index (κ3) is 4.17. The van der Waals surface area contributed by atoms with Crippen LogP contribution in [0.5, 0.6) is 5.75 Å². The summed E-state index contributed by atoms with van der Waals surface area (Å²) in [6.07, 6.45) is 0. The van der Waals surface area contributed by atoms with E-state index in [1.807, 2.05) is 30.3 Å². The molecule has 0 bridgehead atoms. The van der Waals surface area contributed by atoms with Gasteiger partial charge >= 0.3 is 5.97 Å². The summed E-state index contributed by atoms with van der Waals surface area (Å²) in [7, 11) is 1.33. The van der Waals surface area contributed by atoms with Crippen LogP contribution in [0.1, 0.15) is 11.6 Å². The Morgan fingerprint density at radius 1 is 1.15 bits per heavy atom. The highest BCUT2D eigenvalue weighted by atomic mass is 32.2. The van der Waals surface area contributed by atoms with Crippen LogP contribution >= 0.6 is 23.1 Å². The predicted octanol–water partition coefficient (Wildman–Crippen LogP) is 3.13. The molecule has 1 aliphatic heterocycles. The van der Waals surface area contributed by atoms with Crippen LogP contribution < -0.4 is 5.32 Å². The first-order chi connectivity index (χ1) is 16.1. The lowest BCUT2D eigenvalue weighted by Crippen LogP contribution is -2.30. The van der Waals surface area contributed by atoms with Gasteiger partial charge in [0.15, 0.2) is 4.34 Å². The standard InChI is InChI=1S/C21H17N7O3S2/c1-31-19(30)16-15(11-32-21-25-23-18(33-21)13-5-3-2-4-6-13)22-20-24-26-27-28(20)17(16)12-7-9-14(29)10-8-12/h2-10,17,29H,11H2,1H3,(H,22,24,27). The Hall–Kier alpha value is -3.77. The molecule has 0 fully saturated rings. The van der Waals surface area contributed by atoms with Crippen molar-refractivity contribution in [2.24, 2.45) is 0 Å². The van der Waals surface area contributed by atoms with Crippen molar-refractivity contribution in [3.63, 3.8) is 0 Å². The SMILES string of the molecule is COC(=O)C1=C(CSc2nnc(-c3ccccc3)s2)Nc2nnnn2C1c1ccc(O)cc1. The van der Waals surface area contributed by atoms with Gasteiger partial charge < -0.3 is 15.2 Å². The second-order valence-electron chi connectivity index (χ2n) is 6.98. The number of carbonyl (C=O) groups is 1. The Balaban J connectivity index is 1.48. The molecule has 12 heteroatoms. The minimum atomic E-state index is -0.616. The molecular formula is C21H17N7O3S2. The molecule has 10 nitrogen and oxygen atoms in total. The number of hydrogen-bond acceptors (Lipinski definition) is 11. The molecule has 3 heterocycles. The maximum absolute atomic E-state index is 12.9. The number of rotatable bonds is 6. The number of phenolic OH excluding ortho intramolecular Hbond substituents is 1. The molecule has 166 valence electrons. The number of anilines is 1. The monoisotopic (exact) mass is 479 g/mol. The number of ether oxygens (including phenoxy) is 1. The van der Waals surface area contributed by atoms with E-state index in [2.05, 4.69) is 31.0 Å². The maximum Gasteiger partial charge on any atom is 0.338 e. The summed E-state index contributed by atoms with van der Waals surface area (Å²) in [5.41, 5.74) is 2.72. The number of benzene rings is 2. The maximum atomic E-state index is 12.9. The number of hydrogen-bond donors (Lipinski definition) is 2. The highest BCUT2D eigenvalue weighted by Gasteiger charge is 2.36. The van der Waals surface area contributed by atoms with Crippen molar-refractivity contribution in [2.75, 3.05) is 18.2 Å². The van der Waals surface area contributed by atoms with Crippen molar-refractivity contribution in [1.82, 2.24) is 30.4 Å². The molecule has 2 aromatic carbocycles. The summed E-state index contributed by atoms with van der Waals surface area (Å²) in [5.74, 6) is 0.419. The second-order valence-corrected chi connectivity index (χ2v) is 9.18. The number of tetrazole rings is 1. The Morgan fingerprint density at radius 3 is 2.70 bits per heavy atom. The highest BCUT2D eigenvalue weighted by Crippen LogP contribution is 2.38. The minimum Gasteiger partial charge on any atom is -0.508 e. The molecule has 4 aromatic rings. The van der Waals surface area contributed by atoms with Crippen LogP contribution in [-0.2, 0) is 9.53 Å². The Kier molecular flexibility index (Phi) is 5.75. The van der Waals surface area contributed by atoms with E-state index in [4.69, 9.17) is 4.74 Å². The Labute approximate surface area is 196 Å². The largest absolute Gasteiger partial charge is 0.508 e. The third-order valence-corrected chi connectivity index (χ3v) is 7.11. The molecule has 1 unspecified atom stereocenters. The Morgan fingerprint density at radius 2 is 1.94 bits per heavy atom. The number of nitrogens with zero attached hydrogens (tertiary/aromatic N) is 6. The fraction of sp³-hybridized carbons (Fsp3) is 0.143. The number of esters is 1. The fourth-order valence-corrected chi connectivity index (χ4v) is 5.29. The molecule has 2 aromatic heterocycles.